The number of nitrogens with zero attached hydrogens (tertiary/aromatic N) is 2. The number of halogens is 2. The number of hydrogen-bond donors (Lipinski definition) is 2. The van der Waals surface area contributed by atoms with Crippen LogP contribution in [-0.2, 0) is 16.1 Å². The molecule has 0 spiro atoms. The van der Waals surface area contributed by atoms with E-state index in [9.17, 15) is 15.2 Å². The van der Waals surface area contributed by atoms with E-state index in [2.05, 4.69) is 5.32 Å². The molecule has 0 heterocycles. The number of ether oxygens (including phenoxy) is 1. The molecule has 2 atom stereocenters. The van der Waals surface area contributed by atoms with Gasteiger partial charge in [-0.05, 0) is 81.4 Å². The summed E-state index contributed by atoms with van der Waals surface area (Å²) in [6.07, 6.45) is 6.16. The second-order valence-corrected chi connectivity index (χ2v) is 10.6. The number of carboxylic acids is 1. The molecule has 5 rings (SSSR count). The SMILES string of the molecule is CC(C)(OCc1ccc(Cl)cc1Cl)C(=NC1C2CC3CC1CC(C(=O)O)(C3)C2)NC#N. The molecule has 2 N–H and O–H groups in total. The molecule has 4 saturated carbocycles. The Bertz CT molecular complexity index is 940. The molecule has 4 aliphatic rings. The maximum Gasteiger partial charge on any atom is 0.309 e. The van der Waals surface area contributed by atoms with Crippen molar-refractivity contribution in [2.45, 2.75) is 64.2 Å². The highest BCUT2D eigenvalue weighted by atomic mass is 35.5. The maximum atomic E-state index is 12.0. The van der Waals surface area contributed by atoms with Crippen molar-refractivity contribution in [3.05, 3.63) is 33.8 Å². The monoisotopic (exact) mass is 463 g/mol. The standard InChI is InChI=1S/C23H27Cl2N3O3/c1-22(2,31-11-14-3-4-17(24)7-18(14)25)20(27-12-26)28-19-15-5-13-6-16(19)10-23(8-13,9-15)21(29)30/h3-4,7,13,15-16,19H,5-6,8-11H2,1-2H3,(H,27,28)(H,29,30). The fourth-order valence-corrected chi connectivity index (χ4v) is 6.44. The van der Waals surface area contributed by atoms with Gasteiger partial charge in [0.2, 0.25) is 0 Å². The third-order valence-electron chi connectivity index (χ3n) is 7.30. The molecule has 4 fully saturated rings. The van der Waals surface area contributed by atoms with E-state index in [1.807, 2.05) is 26.1 Å². The fraction of sp³-hybridized carbons (Fsp3) is 0.609. The van der Waals surface area contributed by atoms with Crippen molar-refractivity contribution < 1.29 is 14.6 Å². The molecule has 0 saturated heterocycles. The van der Waals surface area contributed by atoms with Gasteiger partial charge in [-0.25, -0.2) is 0 Å². The van der Waals surface area contributed by atoms with Gasteiger partial charge in [0, 0.05) is 10.0 Å². The number of aliphatic carboxylic acids is 1. The minimum absolute atomic E-state index is 0.0156. The summed E-state index contributed by atoms with van der Waals surface area (Å²) < 4.78 is 6.14. The van der Waals surface area contributed by atoms with Gasteiger partial charge < -0.3 is 9.84 Å². The highest BCUT2D eigenvalue weighted by molar-refractivity contribution is 6.35. The molecule has 0 aromatic heterocycles. The molecule has 2 unspecified atom stereocenters. The minimum atomic E-state index is -0.849. The maximum absolute atomic E-state index is 12.0. The molecule has 4 aliphatic carbocycles. The number of carbonyl (C=O) groups is 1. The third kappa shape index (κ3) is 4.28. The van der Waals surface area contributed by atoms with Crippen molar-refractivity contribution in [2.75, 3.05) is 0 Å². The van der Waals surface area contributed by atoms with Crippen molar-refractivity contribution >= 4 is 35.0 Å². The van der Waals surface area contributed by atoms with Crippen LogP contribution in [0.5, 0.6) is 0 Å². The molecule has 166 valence electrons. The first-order valence-electron chi connectivity index (χ1n) is 10.7. The smallest absolute Gasteiger partial charge is 0.309 e. The quantitative estimate of drug-likeness (QED) is 0.266. The van der Waals surface area contributed by atoms with Gasteiger partial charge in [0.25, 0.3) is 0 Å². The summed E-state index contributed by atoms with van der Waals surface area (Å²) in [4.78, 5) is 17.0. The van der Waals surface area contributed by atoms with Gasteiger partial charge in [-0.3, -0.25) is 15.1 Å². The van der Waals surface area contributed by atoms with Crippen molar-refractivity contribution in [3.63, 3.8) is 0 Å². The van der Waals surface area contributed by atoms with Gasteiger partial charge in [-0.2, -0.15) is 5.26 Å². The molecule has 8 heteroatoms. The molecule has 1 aromatic rings. The zero-order valence-electron chi connectivity index (χ0n) is 17.7. The van der Waals surface area contributed by atoms with Gasteiger partial charge in [0.05, 0.1) is 18.1 Å². The normalized spacial score (nSPS) is 32.0. The summed E-state index contributed by atoms with van der Waals surface area (Å²) in [6, 6.07) is 5.26. The lowest BCUT2D eigenvalue weighted by atomic mass is 9.48. The van der Waals surface area contributed by atoms with Crippen LogP contribution in [0.4, 0.5) is 0 Å². The van der Waals surface area contributed by atoms with E-state index in [-0.39, 0.29) is 24.5 Å². The van der Waals surface area contributed by atoms with E-state index in [0.29, 0.717) is 34.6 Å². The second kappa shape index (κ2) is 8.27. The minimum Gasteiger partial charge on any atom is -0.481 e. The average molecular weight is 464 g/mol. The Hall–Kier alpha value is -1.81. The summed E-state index contributed by atoms with van der Waals surface area (Å²) in [5.74, 6) is 0.762. The highest BCUT2D eigenvalue weighted by Crippen LogP contribution is 2.61. The van der Waals surface area contributed by atoms with Crippen LogP contribution in [-0.4, -0.2) is 28.6 Å². The van der Waals surface area contributed by atoms with Crippen LogP contribution < -0.4 is 5.32 Å². The van der Waals surface area contributed by atoms with Crippen LogP contribution in [0.3, 0.4) is 0 Å². The number of benzene rings is 1. The fourth-order valence-electron chi connectivity index (χ4n) is 5.98. The highest BCUT2D eigenvalue weighted by Gasteiger charge is 2.59. The number of carboxylic acid groups (broad SMARTS) is 1. The van der Waals surface area contributed by atoms with Crippen molar-refractivity contribution in [1.82, 2.24) is 5.32 Å². The lowest BCUT2D eigenvalue weighted by molar-refractivity contribution is -0.166. The van der Waals surface area contributed by atoms with Crippen molar-refractivity contribution in [2.24, 2.45) is 28.2 Å². The molecule has 0 radical (unpaired) electrons. The lowest BCUT2D eigenvalue weighted by Gasteiger charge is -2.57. The number of hydrogen-bond acceptors (Lipinski definition) is 4. The van der Waals surface area contributed by atoms with E-state index >= 15 is 0 Å². The van der Waals surface area contributed by atoms with Gasteiger partial charge in [-0.15, -0.1) is 0 Å². The van der Waals surface area contributed by atoms with Crippen LogP contribution in [0.1, 0.15) is 51.5 Å². The van der Waals surface area contributed by atoms with E-state index in [1.54, 1.807) is 12.1 Å². The topological polar surface area (TPSA) is 94.7 Å². The third-order valence-corrected chi connectivity index (χ3v) is 7.89. The lowest BCUT2D eigenvalue weighted by Crippen LogP contribution is -2.56. The predicted octanol–water partition coefficient (Wildman–Crippen LogP) is 5.04. The molecule has 31 heavy (non-hydrogen) atoms. The van der Waals surface area contributed by atoms with Crippen LogP contribution in [0.25, 0.3) is 0 Å². The summed E-state index contributed by atoms with van der Waals surface area (Å²) >= 11 is 12.2. The molecule has 1 aromatic carbocycles. The first-order chi connectivity index (χ1) is 14.6. The van der Waals surface area contributed by atoms with E-state index in [4.69, 9.17) is 32.9 Å². The van der Waals surface area contributed by atoms with Crippen LogP contribution >= 0.6 is 23.2 Å². The van der Waals surface area contributed by atoms with Crippen molar-refractivity contribution in [1.29, 1.82) is 5.26 Å². The van der Waals surface area contributed by atoms with Crippen LogP contribution in [0, 0.1) is 34.6 Å². The largest absolute Gasteiger partial charge is 0.481 e. The Labute approximate surface area is 192 Å². The molecule has 0 amide bonds. The van der Waals surface area contributed by atoms with Crippen molar-refractivity contribution in [3.8, 4) is 6.19 Å². The summed E-state index contributed by atoms with van der Waals surface area (Å²) in [5, 5.41) is 23.0. The Morgan fingerprint density at radius 1 is 1.32 bits per heavy atom. The van der Waals surface area contributed by atoms with Gasteiger partial charge >= 0.3 is 5.97 Å². The number of amidine groups is 1. The summed E-state index contributed by atoms with van der Waals surface area (Å²) in [5.41, 5.74) is -0.631. The van der Waals surface area contributed by atoms with Gasteiger partial charge in [0.15, 0.2) is 6.19 Å². The summed E-state index contributed by atoms with van der Waals surface area (Å²) in [6.45, 7) is 3.99. The Morgan fingerprint density at radius 3 is 2.58 bits per heavy atom. The Kier molecular flexibility index (Phi) is 5.97. The second-order valence-electron chi connectivity index (χ2n) is 9.80. The summed E-state index contributed by atoms with van der Waals surface area (Å²) in [7, 11) is 0. The average Bonchev–Trinajstić information content (AvgIpc) is 2.68. The van der Waals surface area contributed by atoms with E-state index in [1.165, 1.54) is 0 Å². The zero-order valence-corrected chi connectivity index (χ0v) is 19.2. The molecule has 0 aliphatic heterocycles. The zero-order chi connectivity index (χ0) is 22.4. The van der Waals surface area contributed by atoms with E-state index in [0.717, 1.165) is 24.8 Å². The van der Waals surface area contributed by atoms with Gasteiger partial charge in [-0.1, -0.05) is 29.3 Å². The number of aliphatic imine (C=N–C) groups is 1. The molecular weight excluding hydrogens is 437 g/mol. The molecular formula is C23H27Cl2N3O3. The first kappa shape index (κ1) is 22.4. The van der Waals surface area contributed by atoms with Gasteiger partial charge in [0.1, 0.15) is 11.4 Å². The van der Waals surface area contributed by atoms with Crippen LogP contribution in [0.2, 0.25) is 10.0 Å². The number of nitriles is 1. The predicted molar refractivity (Wildman–Crippen MR) is 119 cm³/mol. The molecule has 4 bridgehead atoms. The Balaban J connectivity index is 1.54. The first-order valence-corrected chi connectivity index (χ1v) is 11.4. The van der Waals surface area contributed by atoms with E-state index < -0.39 is 17.0 Å². The number of nitrogens with one attached hydrogen (secondary N) is 1. The molecule has 6 nitrogen and oxygen atoms in total. The number of rotatable bonds is 6. The Morgan fingerprint density at radius 2 is 2.00 bits per heavy atom. The van der Waals surface area contributed by atoms with Crippen LogP contribution in [0.15, 0.2) is 23.2 Å².